The van der Waals surface area contributed by atoms with E-state index in [1.165, 1.54) is 0 Å². The molecule has 0 amide bonds. The van der Waals surface area contributed by atoms with E-state index >= 15 is 0 Å². The summed E-state index contributed by atoms with van der Waals surface area (Å²) in [5, 5.41) is 6.14. The van der Waals surface area contributed by atoms with E-state index in [1.807, 2.05) is 13.8 Å². The molecule has 0 aliphatic carbocycles. The van der Waals surface area contributed by atoms with Crippen molar-refractivity contribution in [1.82, 2.24) is 15.6 Å². The Bertz CT molecular complexity index is 530. The Labute approximate surface area is 137 Å². The predicted octanol–water partition coefficient (Wildman–Crippen LogP) is 1.98. The first kappa shape index (κ1) is 19.0. The minimum Gasteiger partial charge on any atom is -0.463 e. The van der Waals surface area contributed by atoms with Crippen LogP contribution in [0.5, 0.6) is 0 Å². The summed E-state index contributed by atoms with van der Waals surface area (Å²) in [6.07, 6.45) is 1.93. The third kappa shape index (κ3) is 7.17. The topological polar surface area (TPSA) is 88.8 Å². The fourth-order valence-corrected chi connectivity index (χ4v) is 1.72. The van der Waals surface area contributed by atoms with Gasteiger partial charge in [-0.1, -0.05) is 20.8 Å². The summed E-state index contributed by atoms with van der Waals surface area (Å²) >= 11 is 0. The van der Waals surface area contributed by atoms with Gasteiger partial charge in [0.25, 0.3) is 0 Å². The van der Waals surface area contributed by atoms with Crippen molar-refractivity contribution in [3.05, 3.63) is 17.8 Å². The van der Waals surface area contributed by atoms with Gasteiger partial charge >= 0.3 is 5.97 Å². The summed E-state index contributed by atoms with van der Waals surface area (Å²) in [5.41, 5.74) is -0.0675. The molecule has 0 aromatic carbocycles. The number of oxazole rings is 1. The number of hydrogen-bond acceptors (Lipinski definition) is 5. The third-order valence-electron chi connectivity index (χ3n) is 2.91. The molecule has 1 aromatic heterocycles. The van der Waals surface area contributed by atoms with Crippen molar-refractivity contribution in [2.45, 2.75) is 59.1 Å². The first-order valence-corrected chi connectivity index (χ1v) is 7.81. The largest absolute Gasteiger partial charge is 0.463 e. The molecule has 0 unspecified atom stereocenters. The van der Waals surface area contributed by atoms with Gasteiger partial charge in [-0.25, -0.2) is 4.98 Å². The van der Waals surface area contributed by atoms with Crippen LogP contribution in [0.1, 0.15) is 52.7 Å². The molecule has 0 bridgehead atoms. The zero-order valence-electron chi connectivity index (χ0n) is 14.9. The number of guanidine groups is 1. The fraction of sp³-hybridized carbons (Fsp3) is 0.688. The molecule has 1 aromatic rings. The molecular weight excluding hydrogens is 296 g/mol. The fourth-order valence-electron chi connectivity index (χ4n) is 1.72. The van der Waals surface area contributed by atoms with Gasteiger partial charge in [0.05, 0.1) is 25.3 Å². The molecule has 0 aliphatic heterocycles. The van der Waals surface area contributed by atoms with Gasteiger partial charge in [-0.15, -0.1) is 0 Å². The van der Waals surface area contributed by atoms with Crippen LogP contribution in [0.2, 0.25) is 0 Å². The number of ether oxygens (including phenoxy) is 1. The Hall–Kier alpha value is -2.05. The number of rotatable bonds is 6. The molecule has 1 rings (SSSR count). The molecule has 0 radical (unpaired) electrons. The van der Waals surface area contributed by atoms with Crippen LogP contribution in [0.3, 0.4) is 0 Å². The Balaban J connectivity index is 2.37. The van der Waals surface area contributed by atoms with Gasteiger partial charge in [0.15, 0.2) is 5.96 Å². The molecular formula is C16H28N4O3. The first-order valence-electron chi connectivity index (χ1n) is 7.81. The minimum absolute atomic E-state index is 0.0675. The zero-order valence-corrected chi connectivity index (χ0v) is 14.9. The van der Waals surface area contributed by atoms with Gasteiger partial charge in [0.1, 0.15) is 5.76 Å². The number of nitrogens with zero attached hydrogens (tertiary/aromatic N) is 2. The van der Waals surface area contributed by atoms with Crippen molar-refractivity contribution in [1.29, 1.82) is 0 Å². The average molecular weight is 324 g/mol. The Morgan fingerprint density at radius 1 is 1.39 bits per heavy atom. The van der Waals surface area contributed by atoms with Gasteiger partial charge in [-0.2, -0.15) is 0 Å². The predicted molar refractivity (Wildman–Crippen MR) is 89.2 cm³/mol. The smallest absolute Gasteiger partial charge is 0.307 e. The van der Waals surface area contributed by atoms with Crippen LogP contribution < -0.4 is 10.6 Å². The van der Waals surface area contributed by atoms with Crippen molar-refractivity contribution in [3.63, 3.8) is 0 Å². The van der Waals surface area contributed by atoms with E-state index in [-0.39, 0.29) is 23.9 Å². The van der Waals surface area contributed by atoms with Crippen molar-refractivity contribution in [2.75, 3.05) is 13.6 Å². The highest BCUT2D eigenvalue weighted by Gasteiger charge is 2.19. The van der Waals surface area contributed by atoms with E-state index in [2.05, 4.69) is 41.4 Å². The normalized spacial score (nSPS) is 12.4. The molecule has 0 saturated carbocycles. The lowest BCUT2D eigenvalue weighted by Crippen LogP contribution is -2.38. The highest BCUT2D eigenvalue weighted by Crippen LogP contribution is 2.22. The van der Waals surface area contributed by atoms with Gasteiger partial charge in [-0.05, 0) is 13.8 Å². The van der Waals surface area contributed by atoms with E-state index in [0.29, 0.717) is 24.9 Å². The van der Waals surface area contributed by atoms with Gasteiger partial charge in [0.2, 0.25) is 5.89 Å². The number of esters is 1. The molecule has 0 saturated heterocycles. The Morgan fingerprint density at radius 2 is 2.09 bits per heavy atom. The highest BCUT2D eigenvalue weighted by atomic mass is 16.5. The van der Waals surface area contributed by atoms with Crippen molar-refractivity contribution in [2.24, 2.45) is 4.99 Å². The number of nitrogens with one attached hydrogen (secondary N) is 2. The summed E-state index contributed by atoms with van der Waals surface area (Å²) in [5.74, 6) is 1.79. The zero-order chi connectivity index (χ0) is 17.5. The minimum atomic E-state index is -0.231. The van der Waals surface area contributed by atoms with Crippen LogP contribution in [-0.2, 0) is 21.5 Å². The van der Waals surface area contributed by atoms with Gasteiger partial charge in [-0.3, -0.25) is 9.79 Å². The number of hydrogen-bond donors (Lipinski definition) is 2. The van der Waals surface area contributed by atoms with Crippen LogP contribution in [0.25, 0.3) is 0 Å². The molecule has 0 fully saturated rings. The Morgan fingerprint density at radius 3 is 2.61 bits per heavy atom. The SMILES string of the molecule is CN=C(NCCC(=O)OC(C)C)NCc1ncc(C(C)(C)C)o1. The maximum Gasteiger partial charge on any atom is 0.307 e. The third-order valence-corrected chi connectivity index (χ3v) is 2.91. The standard InChI is InChI=1S/C16H28N4O3/c1-11(2)22-14(21)7-8-18-15(17-6)20-10-13-19-9-12(23-13)16(3,4)5/h9,11H,7-8,10H2,1-6H3,(H2,17,18,20). The second-order valence-electron chi connectivity index (χ2n) is 6.51. The summed E-state index contributed by atoms with van der Waals surface area (Å²) in [6.45, 7) is 10.7. The number of aromatic nitrogens is 1. The van der Waals surface area contributed by atoms with Gasteiger partial charge < -0.3 is 19.8 Å². The van der Waals surface area contributed by atoms with E-state index in [0.717, 1.165) is 5.76 Å². The van der Waals surface area contributed by atoms with Crippen molar-refractivity contribution >= 4 is 11.9 Å². The second kappa shape index (κ2) is 8.55. The molecule has 0 atom stereocenters. The summed E-state index contributed by atoms with van der Waals surface area (Å²) in [7, 11) is 1.66. The molecule has 7 nitrogen and oxygen atoms in total. The van der Waals surface area contributed by atoms with Crippen LogP contribution in [0.15, 0.2) is 15.6 Å². The number of carbonyl (C=O) groups excluding carboxylic acids is 1. The van der Waals surface area contributed by atoms with Crippen LogP contribution in [0.4, 0.5) is 0 Å². The van der Waals surface area contributed by atoms with E-state index in [9.17, 15) is 4.79 Å². The average Bonchev–Trinajstić information content (AvgIpc) is 2.90. The van der Waals surface area contributed by atoms with E-state index < -0.39 is 0 Å². The lowest BCUT2D eigenvalue weighted by molar-refractivity contribution is -0.147. The lowest BCUT2D eigenvalue weighted by Gasteiger charge is -2.13. The molecule has 7 heteroatoms. The first-order chi connectivity index (χ1) is 10.7. The van der Waals surface area contributed by atoms with Crippen molar-refractivity contribution < 1.29 is 13.9 Å². The molecule has 2 N–H and O–H groups in total. The summed E-state index contributed by atoms with van der Waals surface area (Å²) in [6, 6.07) is 0. The quantitative estimate of drug-likeness (QED) is 0.472. The van der Waals surface area contributed by atoms with E-state index in [1.54, 1.807) is 13.2 Å². The monoisotopic (exact) mass is 324 g/mol. The molecule has 1 heterocycles. The van der Waals surface area contributed by atoms with Crippen LogP contribution >= 0.6 is 0 Å². The number of aliphatic imine (C=N–C) groups is 1. The highest BCUT2D eigenvalue weighted by molar-refractivity contribution is 5.80. The number of carbonyl (C=O) groups is 1. The molecule has 0 spiro atoms. The van der Waals surface area contributed by atoms with Gasteiger partial charge in [0, 0.05) is 19.0 Å². The second-order valence-corrected chi connectivity index (χ2v) is 6.51. The summed E-state index contributed by atoms with van der Waals surface area (Å²) < 4.78 is 10.8. The maximum absolute atomic E-state index is 11.5. The van der Waals surface area contributed by atoms with Crippen LogP contribution in [-0.4, -0.2) is 36.6 Å². The maximum atomic E-state index is 11.5. The van der Waals surface area contributed by atoms with Crippen molar-refractivity contribution in [3.8, 4) is 0 Å². The molecule has 130 valence electrons. The lowest BCUT2D eigenvalue weighted by atomic mass is 9.94. The van der Waals surface area contributed by atoms with E-state index in [4.69, 9.17) is 9.15 Å². The molecule has 0 aliphatic rings. The summed E-state index contributed by atoms with van der Waals surface area (Å²) in [4.78, 5) is 19.8. The molecule has 23 heavy (non-hydrogen) atoms. The Kier molecular flexibility index (Phi) is 7.06. The van der Waals surface area contributed by atoms with Crippen LogP contribution in [0, 0.1) is 0 Å².